The Morgan fingerprint density at radius 1 is 1.33 bits per heavy atom. The number of carbonyl (C=O) groups excluding carboxylic acids is 1. The maximum atomic E-state index is 11.7. The number of unbranched alkanes of at least 4 members (excludes halogenated alkanes) is 1. The number of hydrogen-bond acceptors (Lipinski definition) is 4. The number of ether oxygens (including phenoxy) is 1. The lowest BCUT2D eigenvalue weighted by Gasteiger charge is -2.37. The van der Waals surface area contributed by atoms with Gasteiger partial charge in [0.25, 0.3) is 0 Å². The molecule has 0 aromatic heterocycles. The van der Waals surface area contributed by atoms with Crippen molar-refractivity contribution in [3.05, 3.63) is 0 Å². The number of methoxy groups -OCH3 is 1. The molecule has 1 aliphatic rings. The first-order valence-electron chi connectivity index (χ1n) is 7.24. The molecule has 1 N–H and O–H groups in total. The monoisotopic (exact) mass is 256 g/mol. The van der Waals surface area contributed by atoms with Crippen molar-refractivity contribution in [2.75, 3.05) is 33.3 Å². The molecule has 0 saturated carbocycles. The Labute approximate surface area is 111 Å². The van der Waals surface area contributed by atoms with Gasteiger partial charge in [0, 0.05) is 19.1 Å². The van der Waals surface area contributed by atoms with Gasteiger partial charge < -0.3 is 15.0 Å². The summed E-state index contributed by atoms with van der Waals surface area (Å²) in [6.45, 7) is 8.41. The van der Waals surface area contributed by atoms with Crippen LogP contribution in [0.15, 0.2) is 0 Å². The molecule has 0 amide bonds. The Bertz CT molecular complexity index is 230. The summed E-state index contributed by atoms with van der Waals surface area (Å²) in [5.41, 5.74) is 0. The number of nitrogens with zero attached hydrogens (tertiary/aromatic N) is 1. The number of nitrogens with one attached hydrogen (secondary N) is 1. The van der Waals surface area contributed by atoms with Crippen molar-refractivity contribution in [1.82, 2.24) is 10.2 Å². The molecule has 1 rings (SSSR count). The first-order valence-corrected chi connectivity index (χ1v) is 7.24. The van der Waals surface area contributed by atoms with Crippen molar-refractivity contribution < 1.29 is 9.53 Å². The van der Waals surface area contributed by atoms with Gasteiger partial charge in [-0.3, -0.25) is 4.79 Å². The zero-order valence-electron chi connectivity index (χ0n) is 12.1. The number of piperidine rings is 1. The summed E-state index contributed by atoms with van der Waals surface area (Å²) in [6, 6.07) is 0.430. The van der Waals surface area contributed by atoms with E-state index >= 15 is 0 Å². The van der Waals surface area contributed by atoms with Crippen molar-refractivity contribution in [2.24, 2.45) is 5.92 Å². The number of likely N-dealkylation sites (tertiary alicyclic amines) is 1. The summed E-state index contributed by atoms with van der Waals surface area (Å²) in [6.07, 6.45) is 4.45. The van der Waals surface area contributed by atoms with E-state index in [1.54, 1.807) is 0 Å². The average Bonchev–Trinajstić information content (AvgIpc) is 2.41. The molecule has 0 aromatic rings. The van der Waals surface area contributed by atoms with Gasteiger partial charge in [0.15, 0.2) is 0 Å². The number of esters is 1. The second-order valence-electron chi connectivity index (χ2n) is 5.22. The molecule has 1 saturated heterocycles. The molecule has 1 heterocycles. The fourth-order valence-corrected chi connectivity index (χ4v) is 2.59. The van der Waals surface area contributed by atoms with Gasteiger partial charge in [-0.05, 0) is 32.4 Å². The van der Waals surface area contributed by atoms with E-state index in [-0.39, 0.29) is 11.9 Å². The Balaban J connectivity index is 2.51. The van der Waals surface area contributed by atoms with E-state index in [4.69, 9.17) is 4.74 Å². The summed E-state index contributed by atoms with van der Waals surface area (Å²) < 4.78 is 4.90. The number of carbonyl (C=O) groups is 1. The van der Waals surface area contributed by atoms with Crippen LogP contribution in [-0.4, -0.2) is 50.2 Å². The fourth-order valence-electron chi connectivity index (χ4n) is 2.59. The van der Waals surface area contributed by atoms with E-state index in [1.165, 1.54) is 20.0 Å². The van der Waals surface area contributed by atoms with Crippen LogP contribution in [0, 0.1) is 5.92 Å². The molecule has 4 nitrogen and oxygen atoms in total. The van der Waals surface area contributed by atoms with Crippen LogP contribution in [0.3, 0.4) is 0 Å². The topological polar surface area (TPSA) is 41.6 Å². The van der Waals surface area contributed by atoms with Gasteiger partial charge in [-0.15, -0.1) is 0 Å². The van der Waals surface area contributed by atoms with Crippen LogP contribution in [0.4, 0.5) is 0 Å². The van der Waals surface area contributed by atoms with Crippen molar-refractivity contribution in [3.63, 3.8) is 0 Å². The third kappa shape index (κ3) is 4.94. The molecule has 0 aliphatic carbocycles. The normalized spacial score (nSPS) is 25.1. The molecule has 0 spiro atoms. The lowest BCUT2D eigenvalue weighted by Crippen LogP contribution is -2.51. The molecular formula is C14H28N2O2. The smallest absolute Gasteiger partial charge is 0.310 e. The Hall–Kier alpha value is -0.610. The molecule has 0 radical (unpaired) electrons. The maximum absolute atomic E-state index is 11.7. The highest BCUT2D eigenvalue weighted by molar-refractivity contribution is 5.72. The van der Waals surface area contributed by atoms with Crippen molar-refractivity contribution >= 4 is 5.97 Å². The summed E-state index contributed by atoms with van der Waals surface area (Å²) in [7, 11) is 1.49. The van der Waals surface area contributed by atoms with E-state index < -0.39 is 0 Å². The van der Waals surface area contributed by atoms with Crippen LogP contribution in [0.1, 0.15) is 39.5 Å². The minimum Gasteiger partial charge on any atom is -0.469 e. The van der Waals surface area contributed by atoms with E-state index in [1.807, 2.05) is 0 Å². The average molecular weight is 256 g/mol. The fraction of sp³-hybridized carbons (Fsp3) is 0.929. The maximum Gasteiger partial charge on any atom is 0.310 e. The summed E-state index contributed by atoms with van der Waals surface area (Å²) in [5.74, 6) is -0.0190. The largest absolute Gasteiger partial charge is 0.469 e. The van der Waals surface area contributed by atoms with Crippen LogP contribution in [0.2, 0.25) is 0 Å². The Morgan fingerprint density at radius 2 is 2.11 bits per heavy atom. The van der Waals surface area contributed by atoms with E-state index in [0.717, 1.165) is 39.0 Å². The molecule has 2 atom stereocenters. The van der Waals surface area contributed by atoms with Crippen LogP contribution in [0.25, 0.3) is 0 Å². The van der Waals surface area contributed by atoms with E-state index in [0.29, 0.717) is 6.04 Å². The minimum atomic E-state index is -0.0560. The molecule has 2 unspecified atom stereocenters. The molecular weight excluding hydrogens is 228 g/mol. The van der Waals surface area contributed by atoms with Gasteiger partial charge in [0.1, 0.15) is 0 Å². The zero-order valence-corrected chi connectivity index (χ0v) is 12.1. The summed E-state index contributed by atoms with van der Waals surface area (Å²) in [4.78, 5) is 14.1. The highest BCUT2D eigenvalue weighted by Crippen LogP contribution is 2.18. The van der Waals surface area contributed by atoms with Gasteiger partial charge in [-0.1, -0.05) is 20.3 Å². The highest BCUT2D eigenvalue weighted by Gasteiger charge is 2.31. The van der Waals surface area contributed by atoms with Gasteiger partial charge in [-0.25, -0.2) is 0 Å². The predicted octanol–water partition coefficient (Wildman–Crippen LogP) is 1.65. The van der Waals surface area contributed by atoms with E-state index in [2.05, 4.69) is 24.1 Å². The van der Waals surface area contributed by atoms with Crippen molar-refractivity contribution in [3.8, 4) is 0 Å². The first-order chi connectivity index (χ1) is 8.71. The van der Waals surface area contributed by atoms with Gasteiger partial charge >= 0.3 is 5.97 Å². The molecule has 1 fully saturated rings. The van der Waals surface area contributed by atoms with Crippen molar-refractivity contribution in [2.45, 2.75) is 45.6 Å². The van der Waals surface area contributed by atoms with Gasteiger partial charge in [-0.2, -0.15) is 0 Å². The third-order valence-corrected chi connectivity index (χ3v) is 3.57. The third-order valence-electron chi connectivity index (χ3n) is 3.57. The molecule has 0 bridgehead atoms. The van der Waals surface area contributed by atoms with Crippen molar-refractivity contribution in [1.29, 1.82) is 0 Å². The molecule has 4 heteroatoms. The summed E-state index contributed by atoms with van der Waals surface area (Å²) in [5, 5.41) is 3.54. The molecule has 18 heavy (non-hydrogen) atoms. The first kappa shape index (κ1) is 15.4. The number of rotatable bonds is 7. The number of hydrogen-bond donors (Lipinski definition) is 1. The molecule has 1 aliphatic heterocycles. The van der Waals surface area contributed by atoms with Gasteiger partial charge in [0.2, 0.25) is 0 Å². The lowest BCUT2D eigenvalue weighted by molar-refractivity contribution is -0.147. The zero-order chi connectivity index (χ0) is 13.4. The van der Waals surface area contributed by atoms with Crippen LogP contribution in [0.5, 0.6) is 0 Å². The second-order valence-corrected chi connectivity index (χ2v) is 5.22. The Morgan fingerprint density at radius 3 is 2.72 bits per heavy atom. The van der Waals surface area contributed by atoms with Gasteiger partial charge in [0.05, 0.1) is 13.0 Å². The van der Waals surface area contributed by atoms with Crippen LogP contribution < -0.4 is 5.32 Å². The molecule has 106 valence electrons. The predicted molar refractivity (Wildman–Crippen MR) is 73.6 cm³/mol. The highest BCUT2D eigenvalue weighted by atomic mass is 16.5. The molecule has 0 aromatic carbocycles. The minimum absolute atomic E-state index is 0.0370. The van der Waals surface area contributed by atoms with Crippen LogP contribution in [-0.2, 0) is 9.53 Å². The Kier molecular flexibility index (Phi) is 7.28. The lowest BCUT2D eigenvalue weighted by atomic mass is 9.94. The standard InChI is InChI=1S/C14H28N2O2/c1-4-6-8-16-10-12(14(17)18-3)9-13(11-16)15-7-5-2/h12-13,15H,4-11H2,1-3H3. The SMILES string of the molecule is CCCCN1CC(NCCC)CC(C(=O)OC)C1. The quantitative estimate of drug-likeness (QED) is 0.703. The van der Waals surface area contributed by atoms with E-state index in [9.17, 15) is 4.79 Å². The summed E-state index contributed by atoms with van der Waals surface area (Å²) >= 11 is 0. The second kappa shape index (κ2) is 8.48. The van der Waals surface area contributed by atoms with Crippen LogP contribution >= 0.6 is 0 Å².